The van der Waals surface area contributed by atoms with Crippen LogP contribution in [0.1, 0.15) is 6.92 Å². The Balaban J connectivity index is 1.62. The lowest BCUT2D eigenvalue weighted by Crippen LogP contribution is -2.50. The van der Waals surface area contributed by atoms with Crippen LogP contribution in [0, 0.1) is 5.82 Å². The molecular formula is C17H24FN5O6S2. The van der Waals surface area contributed by atoms with Gasteiger partial charge in [0.05, 0.1) is 17.9 Å². The Morgan fingerprint density at radius 1 is 1.35 bits per heavy atom. The van der Waals surface area contributed by atoms with Crippen LogP contribution in [0.5, 0.6) is 0 Å². The van der Waals surface area contributed by atoms with E-state index in [2.05, 4.69) is 12.6 Å². The molecule has 0 unspecified atom stereocenters. The first-order valence-electron chi connectivity index (χ1n) is 9.54. The van der Waals surface area contributed by atoms with Crippen molar-refractivity contribution in [2.75, 3.05) is 55.7 Å². The maximum atomic E-state index is 14.8. The van der Waals surface area contributed by atoms with Crippen LogP contribution in [0.25, 0.3) is 0 Å². The average Bonchev–Trinajstić information content (AvgIpc) is 3.08. The summed E-state index contributed by atoms with van der Waals surface area (Å²) in [5.74, 6) is -0.549. The Labute approximate surface area is 185 Å². The normalized spacial score (nSPS) is 20.1. The molecule has 0 aliphatic carbocycles. The highest BCUT2D eigenvalue weighted by Gasteiger charge is 2.34. The van der Waals surface area contributed by atoms with Crippen molar-refractivity contribution in [2.24, 2.45) is 5.14 Å². The summed E-state index contributed by atoms with van der Waals surface area (Å²) >= 11 is 3.69. The van der Waals surface area contributed by atoms with Crippen molar-refractivity contribution in [2.45, 2.75) is 13.0 Å². The Morgan fingerprint density at radius 3 is 2.58 bits per heavy atom. The molecular weight excluding hydrogens is 453 g/mol. The first-order chi connectivity index (χ1) is 14.6. The summed E-state index contributed by atoms with van der Waals surface area (Å²) in [6.07, 6.45) is -1.29. The number of hydroxylamine groups is 2. The minimum Gasteiger partial charge on any atom is -0.441 e. The van der Waals surface area contributed by atoms with Gasteiger partial charge in [0, 0.05) is 32.7 Å². The van der Waals surface area contributed by atoms with Gasteiger partial charge in [0.1, 0.15) is 18.5 Å². The third-order valence-electron chi connectivity index (χ3n) is 4.97. The molecule has 0 radical (unpaired) electrons. The van der Waals surface area contributed by atoms with Gasteiger partial charge in [-0.2, -0.15) is 12.7 Å². The quantitative estimate of drug-likeness (QED) is 0.439. The van der Waals surface area contributed by atoms with Gasteiger partial charge in [-0.1, -0.05) is 12.6 Å². The fraction of sp³-hybridized carbons (Fsp3) is 0.529. The van der Waals surface area contributed by atoms with E-state index in [9.17, 15) is 22.4 Å². The fourth-order valence-electron chi connectivity index (χ4n) is 3.38. The molecule has 2 fully saturated rings. The van der Waals surface area contributed by atoms with Crippen LogP contribution in [0.4, 0.5) is 25.4 Å². The maximum absolute atomic E-state index is 14.8. The smallest absolute Gasteiger partial charge is 0.414 e. The minimum atomic E-state index is -3.77. The summed E-state index contributed by atoms with van der Waals surface area (Å²) in [5, 5.41) is 5.59. The molecule has 2 aliphatic rings. The van der Waals surface area contributed by atoms with Crippen LogP contribution in [0.2, 0.25) is 0 Å². The Kier molecular flexibility index (Phi) is 7.26. The van der Waals surface area contributed by atoms with Crippen LogP contribution < -0.4 is 14.9 Å². The monoisotopic (exact) mass is 477 g/mol. The number of benzene rings is 1. The van der Waals surface area contributed by atoms with Gasteiger partial charge in [-0.25, -0.2) is 19.4 Å². The fourth-order valence-corrected chi connectivity index (χ4v) is 4.25. The van der Waals surface area contributed by atoms with E-state index in [4.69, 9.17) is 14.7 Å². The van der Waals surface area contributed by atoms with E-state index < -0.39 is 33.5 Å². The zero-order valence-electron chi connectivity index (χ0n) is 16.8. The molecule has 1 atom stereocenters. The molecule has 1 aromatic carbocycles. The van der Waals surface area contributed by atoms with E-state index in [1.54, 1.807) is 17.9 Å². The van der Waals surface area contributed by atoms with Gasteiger partial charge in [0.2, 0.25) is 0 Å². The Morgan fingerprint density at radius 2 is 2.03 bits per heavy atom. The molecule has 14 heteroatoms. The highest BCUT2D eigenvalue weighted by atomic mass is 32.2. The third-order valence-corrected chi connectivity index (χ3v) is 6.28. The number of nitrogens with two attached hydrogens (primary N) is 1. The summed E-state index contributed by atoms with van der Waals surface area (Å²) in [5.41, 5.74) is 0.616. The number of hydrogen-bond acceptors (Lipinski definition) is 7. The van der Waals surface area contributed by atoms with Gasteiger partial charge < -0.3 is 9.64 Å². The number of piperazine rings is 1. The van der Waals surface area contributed by atoms with E-state index >= 15 is 0 Å². The molecule has 11 nitrogen and oxygen atoms in total. The van der Waals surface area contributed by atoms with Crippen LogP contribution in [0.15, 0.2) is 18.2 Å². The van der Waals surface area contributed by atoms with Crippen molar-refractivity contribution in [3.05, 3.63) is 24.0 Å². The van der Waals surface area contributed by atoms with Gasteiger partial charge >= 0.3 is 11.3 Å². The Bertz CT molecular complexity index is 941. The Hall–Kier alpha value is -2.13. The van der Waals surface area contributed by atoms with Crippen molar-refractivity contribution in [3.63, 3.8) is 0 Å². The largest absolute Gasteiger partial charge is 0.441 e. The topological polar surface area (TPSA) is 126 Å². The number of nitrogens with zero attached hydrogens (tertiary/aromatic N) is 4. The molecule has 2 N–H and O–H groups in total. The lowest BCUT2D eigenvalue weighted by molar-refractivity contribution is -0.126. The summed E-state index contributed by atoms with van der Waals surface area (Å²) < 4.78 is 44.0. The molecule has 0 aromatic heterocycles. The highest BCUT2D eigenvalue weighted by Crippen LogP contribution is 2.28. The summed E-state index contributed by atoms with van der Waals surface area (Å²) in [6.45, 7) is 2.96. The molecule has 1 aromatic rings. The molecule has 172 valence electrons. The molecule has 0 spiro atoms. The van der Waals surface area contributed by atoms with Gasteiger partial charge in [-0.3, -0.25) is 14.5 Å². The van der Waals surface area contributed by atoms with Crippen LogP contribution >= 0.6 is 12.6 Å². The molecule has 31 heavy (non-hydrogen) atoms. The number of ether oxygens (including phenoxy) is 1. The van der Waals surface area contributed by atoms with E-state index in [0.717, 1.165) is 9.37 Å². The van der Waals surface area contributed by atoms with E-state index in [-0.39, 0.29) is 45.9 Å². The van der Waals surface area contributed by atoms with Crippen molar-refractivity contribution in [3.8, 4) is 0 Å². The number of rotatable bonds is 7. The first-order valence-corrected chi connectivity index (χ1v) is 11.5. The zero-order valence-corrected chi connectivity index (χ0v) is 18.5. The van der Waals surface area contributed by atoms with Gasteiger partial charge in [-0.05, 0) is 25.1 Å². The second-order valence-electron chi connectivity index (χ2n) is 6.96. The number of hydrogen-bond donors (Lipinski definition) is 2. The highest BCUT2D eigenvalue weighted by molar-refractivity contribution is 7.96. The van der Waals surface area contributed by atoms with Gasteiger partial charge in [0.15, 0.2) is 0 Å². The number of thiol groups is 1. The third kappa shape index (κ3) is 5.57. The van der Waals surface area contributed by atoms with Crippen molar-refractivity contribution >= 4 is 45.5 Å². The molecule has 3 rings (SSSR count). The zero-order chi connectivity index (χ0) is 22.8. The second kappa shape index (κ2) is 9.56. The molecule has 0 bridgehead atoms. The first kappa shape index (κ1) is 23.5. The molecule has 2 heterocycles. The predicted molar refractivity (Wildman–Crippen MR) is 114 cm³/mol. The standard InChI is InChI=1S/C17H24FN5O6S2/c1-2-23(17(25)30)28-11-13-10-22(16(24)29-13)12-3-4-15(14(18)9-12)20-5-7-21(8-6-20)31(19,26)27/h3-4,9,13H,2,5-8,10-11H2,1H3,(H,25,30)(H2,19,26,27)/t13-/m0/s1. The summed E-state index contributed by atoms with van der Waals surface area (Å²) in [4.78, 5) is 31.7. The van der Waals surface area contributed by atoms with E-state index in [1.165, 1.54) is 17.0 Å². The SMILES string of the molecule is CCN(OC[C@@H]1CN(c2ccc(N3CCN(S(N)(=O)=O)CC3)c(F)c2)C(=O)O1)C(=O)S. The van der Waals surface area contributed by atoms with Crippen LogP contribution in [-0.2, 0) is 19.8 Å². The van der Waals surface area contributed by atoms with Gasteiger partial charge in [0.25, 0.3) is 10.2 Å². The summed E-state index contributed by atoms with van der Waals surface area (Å²) in [6, 6.07) is 4.35. The predicted octanol–water partition coefficient (Wildman–Crippen LogP) is 0.780. The number of carbonyl (C=O) groups is 2. The maximum Gasteiger partial charge on any atom is 0.414 e. The van der Waals surface area contributed by atoms with Gasteiger partial charge in [-0.15, -0.1) is 0 Å². The van der Waals surface area contributed by atoms with Crippen molar-refractivity contribution in [1.29, 1.82) is 0 Å². The molecule has 2 aliphatic heterocycles. The van der Waals surface area contributed by atoms with E-state index in [1.807, 2.05) is 0 Å². The minimum absolute atomic E-state index is 0.0444. The van der Waals surface area contributed by atoms with Crippen LogP contribution in [0.3, 0.4) is 0 Å². The van der Waals surface area contributed by atoms with Crippen molar-refractivity contribution < 1.29 is 32.0 Å². The molecule has 2 saturated heterocycles. The number of carbonyl (C=O) groups excluding carboxylic acids is 2. The lowest BCUT2D eigenvalue weighted by Gasteiger charge is -2.34. The lowest BCUT2D eigenvalue weighted by atomic mass is 10.2. The van der Waals surface area contributed by atoms with Crippen molar-refractivity contribution in [1.82, 2.24) is 9.37 Å². The van der Waals surface area contributed by atoms with Crippen LogP contribution in [-0.4, -0.2) is 81.1 Å². The average molecular weight is 478 g/mol. The molecule has 0 saturated carbocycles. The van der Waals surface area contributed by atoms with E-state index in [0.29, 0.717) is 11.4 Å². The number of cyclic esters (lactones) is 1. The number of amides is 2. The summed E-state index contributed by atoms with van der Waals surface area (Å²) in [7, 11) is -3.77. The second-order valence-corrected chi connectivity index (χ2v) is 8.89. The number of halogens is 1. The number of anilines is 2. The molecule has 2 amide bonds.